The second-order valence-electron chi connectivity index (χ2n) is 7.36. The van der Waals surface area contributed by atoms with E-state index >= 15 is 0 Å². The summed E-state index contributed by atoms with van der Waals surface area (Å²) < 4.78 is 5.97. The summed E-state index contributed by atoms with van der Waals surface area (Å²) >= 11 is 0. The number of hydrogen-bond acceptors (Lipinski definition) is 4. The number of guanidine groups is 1. The van der Waals surface area contributed by atoms with Crippen molar-refractivity contribution < 1.29 is 9.53 Å². The van der Waals surface area contributed by atoms with Gasteiger partial charge in [-0.25, -0.2) is 4.98 Å². The molecular formula is C22H28IN5O2. The molecule has 1 N–H and O–H groups in total. The first-order chi connectivity index (χ1) is 14.2. The number of aromatic nitrogens is 1. The van der Waals surface area contributed by atoms with Gasteiger partial charge in [-0.1, -0.05) is 18.2 Å². The summed E-state index contributed by atoms with van der Waals surface area (Å²) in [4.78, 5) is 24.8. The number of likely N-dealkylation sites (tertiary alicyclic amines) is 1. The van der Waals surface area contributed by atoms with Gasteiger partial charge in [-0.15, -0.1) is 24.0 Å². The largest absolute Gasteiger partial charge is 0.472 e. The van der Waals surface area contributed by atoms with Crippen molar-refractivity contribution >= 4 is 41.5 Å². The molecule has 0 bridgehead atoms. The van der Waals surface area contributed by atoms with Gasteiger partial charge >= 0.3 is 0 Å². The van der Waals surface area contributed by atoms with Crippen LogP contribution in [-0.2, 0) is 11.3 Å². The van der Waals surface area contributed by atoms with Gasteiger partial charge < -0.3 is 19.9 Å². The van der Waals surface area contributed by atoms with E-state index in [1.54, 1.807) is 13.2 Å². The van der Waals surface area contributed by atoms with Crippen molar-refractivity contribution in [2.45, 2.75) is 31.9 Å². The standard InChI is InChI=1S/C22H27N5O2.HI/c1-23-22(26-13-10-19(16-26)29-20-8-2-3-11-24-20)25-15-17-6-4-7-18(14-17)27-12-5-9-21(27)28;/h2-4,6-8,11,14,19H,5,9-10,12-13,15-16H2,1H3,(H,23,25);1H. The molecule has 3 heterocycles. The Kier molecular flexibility index (Phi) is 7.89. The molecule has 2 fully saturated rings. The minimum absolute atomic E-state index is 0. The third kappa shape index (κ3) is 5.41. The molecule has 2 aliphatic heterocycles. The maximum atomic E-state index is 12.0. The summed E-state index contributed by atoms with van der Waals surface area (Å²) in [5.74, 6) is 1.73. The summed E-state index contributed by atoms with van der Waals surface area (Å²) in [7, 11) is 1.80. The summed E-state index contributed by atoms with van der Waals surface area (Å²) in [6, 6.07) is 13.9. The van der Waals surface area contributed by atoms with Gasteiger partial charge in [0.15, 0.2) is 5.96 Å². The van der Waals surface area contributed by atoms with Crippen molar-refractivity contribution in [2.75, 3.05) is 31.6 Å². The lowest BCUT2D eigenvalue weighted by atomic mass is 10.2. The minimum atomic E-state index is 0. The molecule has 30 heavy (non-hydrogen) atoms. The number of aliphatic imine (C=N–C) groups is 1. The summed E-state index contributed by atoms with van der Waals surface area (Å²) in [6.45, 7) is 3.13. The van der Waals surface area contributed by atoms with Crippen LogP contribution >= 0.6 is 24.0 Å². The molecule has 2 saturated heterocycles. The molecule has 2 aromatic rings. The molecule has 1 aromatic heterocycles. The van der Waals surface area contributed by atoms with Gasteiger partial charge in [-0.3, -0.25) is 9.79 Å². The Bertz CT molecular complexity index is 877. The molecule has 0 aliphatic carbocycles. The first-order valence-electron chi connectivity index (χ1n) is 10.2. The monoisotopic (exact) mass is 521 g/mol. The third-order valence-electron chi connectivity index (χ3n) is 5.33. The first kappa shape index (κ1) is 22.3. The lowest BCUT2D eigenvalue weighted by molar-refractivity contribution is -0.117. The van der Waals surface area contributed by atoms with Crippen molar-refractivity contribution in [2.24, 2.45) is 4.99 Å². The molecule has 2 aliphatic rings. The van der Waals surface area contributed by atoms with Crippen LogP contribution in [0.2, 0.25) is 0 Å². The zero-order valence-electron chi connectivity index (χ0n) is 17.2. The number of pyridine rings is 1. The van der Waals surface area contributed by atoms with E-state index in [4.69, 9.17) is 4.74 Å². The first-order valence-corrected chi connectivity index (χ1v) is 10.2. The number of amides is 1. The number of nitrogens with one attached hydrogen (secondary N) is 1. The van der Waals surface area contributed by atoms with E-state index in [0.717, 1.165) is 49.7 Å². The fourth-order valence-electron chi connectivity index (χ4n) is 3.87. The van der Waals surface area contributed by atoms with E-state index in [2.05, 4.69) is 32.3 Å². The van der Waals surface area contributed by atoms with Crippen molar-refractivity contribution in [1.82, 2.24) is 15.2 Å². The number of ether oxygens (including phenoxy) is 1. The molecule has 1 atom stereocenters. The maximum absolute atomic E-state index is 12.0. The molecule has 1 aromatic carbocycles. The topological polar surface area (TPSA) is 70.1 Å². The van der Waals surface area contributed by atoms with Crippen molar-refractivity contribution in [1.29, 1.82) is 0 Å². The van der Waals surface area contributed by atoms with Gasteiger partial charge in [0.25, 0.3) is 0 Å². The highest BCUT2D eigenvalue weighted by molar-refractivity contribution is 14.0. The predicted octanol–water partition coefficient (Wildman–Crippen LogP) is 3.06. The van der Waals surface area contributed by atoms with E-state index < -0.39 is 0 Å². The lowest BCUT2D eigenvalue weighted by Gasteiger charge is -2.22. The number of carbonyl (C=O) groups is 1. The minimum Gasteiger partial charge on any atom is -0.472 e. The number of carbonyl (C=O) groups excluding carboxylic acids is 1. The number of nitrogens with zero attached hydrogens (tertiary/aromatic N) is 4. The fraction of sp³-hybridized carbons (Fsp3) is 0.409. The number of benzene rings is 1. The molecule has 7 nitrogen and oxygen atoms in total. The van der Waals surface area contributed by atoms with E-state index in [1.165, 1.54) is 0 Å². The SMILES string of the molecule is CN=C(NCc1cccc(N2CCCC2=O)c1)N1CCC(Oc2ccccn2)C1.I. The van der Waals surface area contributed by atoms with Crippen LogP contribution in [0.4, 0.5) is 5.69 Å². The van der Waals surface area contributed by atoms with Gasteiger partial charge in [0.05, 0.1) is 6.54 Å². The average molecular weight is 521 g/mol. The highest BCUT2D eigenvalue weighted by atomic mass is 127. The zero-order valence-corrected chi connectivity index (χ0v) is 19.5. The molecule has 4 rings (SSSR count). The van der Waals surface area contributed by atoms with Crippen LogP contribution in [0.15, 0.2) is 53.7 Å². The third-order valence-corrected chi connectivity index (χ3v) is 5.33. The van der Waals surface area contributed by atoms with Crippen LogP contribution in [0.25, 0.3) is 0 Å². The normalized spacial score (nSPS) is 19.0. The van der Waals surface area contributed by atoms with Crippen molar-refractivity contribution in [3.8, 4) is 5.88 Å². The number of anilines is 1. The Balaban J connectivity index is 0.00000256. The summed E-state index contributed by atoms with van der Waals surface area (Å²) in [5.41, 5.74) is 2.11. The van der Waals surface area contributed by atoms with Crippen molar-refractivity contribution in [3.63, 3.8) is 0 Å². The molecule has 160 valence electrons. The van der Waals surface area contributed by atoms with Gasteiger partial charge in [0.2, 0.25) is 11.8 Å². The van der Waals surface area contributed by atoms with Crippen LogP contribution in [0.5, 0.6) is 5.88 Å². The van der Waals surface area contributed by atoms with Crippen LogP contribution in [0.3, 0.4) is 0 Å². The molecular weight excluding hydrogens is 493 g/mol. The predicted molar refractivity (Wildman–Crippen MR) is 128 cm³/mol. The van der Waals surface area contributed by atoms with E-state index in [9.17, 15) is 4.79 Å². The van der Waals surface area contributed by atoms with Gasteiger partial charge in [0, 0.05) is 57.5 Å². The van der Waals surface area contributed by atoms with Crippen LogP contribution < -0.4 is 15.0 Å². The Morgan fingerprint density at radius 2 is 2.17 bits per heavy atom. The molecule has 0 radical (unpaired) electrons. The number of halogens is 1. The second kappa shape index (κ2) is 10.6. The van der Waals surface area contributed by atoms with Crippen LogP contribution in [0.1, 0.15) is 24.8 Å². The lowest BCUT2D eigenvalue weighted by Crippen LogP contribution is -2.40. The summed E-state index contributed by atoms with van der Waals surface area (Å²) in [5, 5.41) is 3.44. The van der Waals surface area contributed by atoms with Crippen LogP contribution in [-0.4, -0.2) is 54.5 Å². The van der Waals surface area contributed by atoms with Gasteiger partial charge in [0.1, 0.15) is 6.10 Å². The maximum Gasteiger partial charge on any atom is 0.227 e. The van der Waals surface area contributed by atoms with E-state index in [-0.39, 0.29) is 36.0 Å². The number of rotatable bonds is 5. The van der Waals surface area contributed by atoms with E-state index in [1.807, 2.05) is 35.2 Å². The smallest absolute Gasteiger partial charge is 0.227 e. The van der Waals surface area contributed by atoms with Crippen molar-refractivity contribution in [3.05, 3.63) is 54.2 Å². The van der Waals surface area contributed by atoms with E-state index in [0.29, 0.717) is 18.8 Å². The van der Waals surface area contributed by atoms with Gasteiger partial charge in [-0.2, -0.15) is 0 Å². The molecule has 1 unspecified atom stereocenters. The highest BCUT2D eigenvalue weighted by Gasteiger charge is 2.26. The number of hydrogen-bond donors (Lipinski definition) is 1. The Morgan fingerprint density at radius 1 is 1.27 bits per heavy atom. The quantitative estimate of drug-likeness (QED) is 0.372. The second-order valence-corrected chi connectivity index (χ2v) is 7.36. The van der Waals surface area contributed by atoms with Gasteiger partial charge in [-0.05, 0) is 30.2 Å². The highest BCUT2D eigenvalue weighted by Crippen LogP contribution is 2.22. The Labute approximate surface area is 194 Å². The average Bonchev–Trinajstić information content (AvgIpc) is 3.39. The molecule has 8 heteroatoms. The fourth-order valence-corrected chi connectivity index (χ4v) is 3.87. The molecule has 0 spiro atoms. The molecule has 1 amide bonds. The molecule has 0 saturated carbocycles. The summed E-state index contributed by atoms with van der Waals surface area (Å²) in [6.07, 6.45) is 4.36. The zero-order chi connectivity index (χ0) is 20.1. The Hall–Kier alpha value is -2.36. The Morgan fingerprint density at radius 3 is 2.90 bits per heavy atom. The van der Waals surface area contributed by atoms with Crippen LogP contribution in [0, 0.1) is 0 Å².